The Morgan fingerprint density at radius 2 is 1.89 bits per heavy atom. The van der Waals surface area contributed by atoms with Gasteiger partial charge in [0.05, 0.1) is 23.3 Å². The van der Waals surface area contributed by atoms with Crippen molar-refractivity contribution in [3.8, 4) is 0 Å². The summed E-state index contributed by atoms with van der Waals surface area (Å²) in [6, 6.07) is 10.2. The number of carbonyl (C=O) groups excluding carboxylic acids is 1. The highest BCUT2D eigenvalue weighted by molar-refractivity contribution is 7.13. The van der Waals surface area contributed by atoms with Crippen LogP contribution in [0.4, 0.5) is 5.13 Å². The van der Waals surface area contributed by atoms with Gasteiger partial charge in [-0.25, -0.2) is 4.98 Å². The Hall–Kier alpha value is -1.76. The monoisotopic (exact) mass is 399 g/mol. The molecule has 0 radical (unpaired) electrons. The fourth-order valence-corrected chi connectivity index (χ4v) is 5.38. The number of benzene rings is 1. The molecule has 0 spiro atoms. The fraction of sp³-hybridized carbons (Fsp3) is 0.545. The lowest BCUT2D eigenvalue weighted by molar-refractivity contribution is -0.121. The summed E-state index contributed by atoms with van der Waals surface area (Å²) in [5.41, 5.74) is 1.72. The first-order chi connectivity index (χ1) is 13.5. The molecule has 1 aromatic carbocycles. The van der Waals surface area contributed by atoms with E-state index in [1.165, 1.54) is 11.3 Å². The number of amides is 1. The van der Waals surface area contributed by atoms with Crippen molar-refractivity contribution in [2.45, 2.75) is 63.7 Å². The molecule has 1 aliphatic carbocycles. The molecule has 150 valence electrons. The molecule has 1 saturated carbocycles. The fourth-order valence-electron chi connectivity index (χ4n) is 4.68. The quantitative estimate of drug-likeness (QED) is 0.819. The van der Waals surface area contributed by atoms with Crippen molar-refractivity contribution in [2.75, 3.05) is 18.4 Å². The van der Waals surface area contributed by atoms with Gasteiger partial charge in [-0.3, -0.25) is 9.69 Å². The Kier molecular flexibility index (Phi) is 5.80. The van der Waals surface area contributed by atoms with Gasteiger partial charge in [-0.2, -0.15) is 0 Å². The zero-order valence-corrected chi connectivity index (χ0v) is 17.5. The zero-order chi connectivity index (χ0) is 19.6. The number of carbonyl (C=O) groups is 1. The molecule has 5 nitrogen and oxygen atoms in total. The Bertz CT molecular complexity index is 791. The zero-order valence-electron chi connectivity index (χ0n) is 16.7. The third-order valence-corrected chi connectivity index (χ3v) is 6.68. The van der Waals surface area contributed by atoms with E-state index >= 15 is 0 Å². The van der Waals surface area contributed by atoms with E-state index in [-0.39, 0.29) is 18.1 Å². The molecule has 2 aromatic rings. The Morgan fingerprint density at radius 1 is 1.21 bits per heavy atom. The summed E-state index contributed by atoms with van der Waals surface area (Å²) >= 11 is 1.52. The number of aromatic nitrogens is 1. The largest absolute Gasteiger partial charge is 0.373 e. The van der Waals surface area contributed by atoms with E-state index in [9.17, 15) is 4.79 Å². The van der Waals surface area contributed by atoms with Gasteiger partial charge in [0.15, 0.2) is 5.13 Å². The molecule has 1 aliphatic heterocycles. The van der Waals surface area contributed by atoms with Crippen LogP contribution in [0.3, 0.4) is 0 Å². The molecule has 2 fully saturated rings. The highest BCUT2D eigenvalue weighted by Crippen LogP contribution is 2.42. The van der Waals surface area contributed by atoms with E-state index in [0.717, 1.165) is 56.6 Å². The lowest BCUT2D eigenvalue weighted by Gasteiger charge is -2.34. The van der Waals surface area contributed by atoms with Gasteiger partial charge in [-0.15, -0.1) is 11.3 Å². The van der Waals surface area contributed by atoms with Crippen LogP contribution in [0.5, 0.6) is 0 Å². The molecule has 2 unspecified atom stereocenters. The van der Waals surface area contributed by atoms with Gasteiger partial charge >= 0.3 is 0 Å². The summed E-state index contributed by atoms with van der Waals surface area (Å²) in [5, 5.41) is 5.89. The molecule has 6 heteroatoms. The molecule has 2 atom stereocenters. The summed E-state index contributed by atoms with van der Waals surface area (Å²) in [6.07, 6.45) is 4.50. The van der Waals surface area contributed by atoms with Crippen molar-refractivity contribution in [3.63, 3.8) is 0 Å². The van der Waals surface area contributed by atoms with E-state index in [1.54, 1.807) is 0 Å². The van der Waals surface area contributed by atoms with Gasteiger partial charge in [0.2, 0.25) is 5.91 Å². The molecule has 1 aromatic heterocycles. The molecule has 1 N–H and O–H groups in total. The minimum Gasteiger partial charge on any atom is -0.373 e. The number of thiazole rings is 1. The molecule has 1 saturated heterocycles. The van der Waals surface area contributed by atoms with Crippen LogP contribution in [0, 0.1) is 0 Å². The molecule has 2 aliphatic rings. The van der Waals surface area contributed by atoms with Gasteiger partial charge < -0.3 is 10.1 Å². The van der Waals surface area contributed by atoms with Gasteiger partial charge in [0.25, 0.3) is 0 Å². The highest BCUT2D eigenvalue weighted by Gasteiger charge is 2.42. The van der Waals surface area contributed by atoms with Crippen LogP contribution >= 0.6 is 11.3 Å². The first kappa shape index (κ1) is 19.6. The molecule has 28 heavy (non-hydrogen) atoms. The van der Waals surface area contributed by atoms with Crippen molar-refractivity contribution in [2.24, 2.45) is 0 Å². The van der Waals surface area contributed by atoms with Crippen molar-refractivity contribution >= 4 is 22.4 Å². The predicted octanol–water partition coefficient (Wildman–Crippen LogP) is 4.20. The van der Waals surface area contributed by atoms with Crippen LogP contribution in [-0.4, -0.2) is 41.1 Å². The minimum absolute atomic E-state index is 0.0886. The molecule has 0 bridgehead atoms. The summed E-state index contributed by atoms with van der Waals surface area (Å²) in [7, 11) is 0. The average molecular weight is 400 g/mol. The number of anilines is 1. The summed E-state index contributed by atoms with van der Waals surface area (Å²) in [4.78, 5) is 20.3. The van der Waals surface area contributed by atoms with Gasteiger partial charge in [0, 0.05) is 25.0 Å². The van der Waals surface area contributed by atoms with Crippen molar-refractivity contribution in [1.82, 2.24) is 9.88 Å². The molecular formula is C22H29N3O2S. The van der Waals surface area contributed by atoms with Crippen LogP contribution in [0.15, 0.2) is 35.7 Å². The number of hydrogen-bond donors (Lipinski definition) is 1. The molecule has 4 rings (SSSR count). The molecule has 1 amide bonds. The summed E-state index contributed by atoms with van der Waals surface area (Å²) in [5.74, 6) is 0.0886. The Morgan fingerprint density at radius 3 is 2.57 bits per heavy atom. The maximum absolute atomic E-state index is 13.3. The van der Waals surface area contributed by atoms with E-state index in [2.05, 4.69) is 41.6 Å². The van der Waals surface area contributed by atoms with Crippen LogP contribution in [0.1, 0.15) is 50.8 Å². The van der Waals surface area contributed by atoms with Crippen molar-refractivity contribution in [3.05, 3.63) is 47.0 Å². The topological polar surface area (TPSA) is 54.5 Å². The van der Waals surface area contributed by atoms with Crippen LogP contribution in [0.25, 0.3) is 0 Å². The maximum atomic E-state index is 13.3. The molecular weight excluding hydrogens is 370 g/mol. The second-order valence-corrected chi connectivity index (χ2v) is 9.06. The van der Waals surface area contributed by atoms with Crippen molar-refractivity contribution < 1.29 is 9.53 Å². The SMILES string of the molecule is CC1CN(Cc2csc(NC(=O)C3(c4ccccc4)CCCC3)n2)CC(C)O1. The number of hydrogen-bond acceptors (Lipinski definition) is 5. The highest BCUT2D eigenvalue weighted by atomic mass is 32.1. The number of rotatable bonds is 5. The number of morpholine rings is 1. The van der Waals surface area contributed by atoms with Gasteiger partial charge in [0.1, 0.15) is 0 Å². The number of nitrogens with one attached hydrogen (secondary N) is 1. The smallest absolute Gasteiger partial charge is 0.236 e. The second-order valence-electron chi connectivity index (χ2n) is 8.20. The first-order valence-electron chi connectivity index (χ1n) is 10.2. The second kappa shape index (κ2) is 8.31. The Balaban J connectivity index is 1.44. The third-order valence-electron chi connectivity index (χ3n) is 5.87. The van der Waals surface area contributed by atoms with E-state index in [0.29, 0.717) is 5.13 Å². The van der Waals surface area contributed by atoms with Crippen LogP contribution in [0.2, 0.25) is 0 Å². The lowest BCUT2D eigenvalue weighted by atomic mass is 9.78. The standard InChI is InChI=1S/C22H29N3O2S/c1-16-12-25(13-17(2)27-16)14-19-15-28-21(23-19)24-20(26)22(10-6-7-11-22)18-8-4-3-5-9-18/h3-5,8-9,15-17H,6-7,10-14H2,1-2H3,(H,23,24,26). The maximum Gasteiger partial charge on any atom is 0.236 e. The third kappa shape index (κ3) is 4.14. The van der Waals surface area contributed by atoms with Crippen LogP contribution < -0.4 is 5.32 Å². The minimum atomic E-state index is -0.415. The normalized spacial score (nSPS) is 24.9. The van der Waals surface area contributed by atoms with Gasteiger partial charge in [-0.05, 0) is 32.3 Å². The van der Waals surface area contributed by atoms with E-state index < -0.39 is 5.41 Å². The van der Waals surface area contributed by atoms with E-state index in [1.807, 2.05) is 18.2 Å². The van der Waals surface area contributed by atoms with Crippen molar-refractivity contribution in [1.29, 1.82) is 0 Å². The lowest BCUT2D eigenvalue weighted by Crippen LogP contribution is -2.44. The van der Waals surface area contributed by atoms with Gasteiger partial charge in [-0.1, -0.05) is 43.2 Å². The predicted molar refractivity (Wildman–Crippen MR) is 113 cm³/mol. The number of ether oxygens (including phenoxy) is 1. The summed E-state index contributed by atoms with van der Waals surface area (Å²) < 4.78 is 5.81. The molecule has 2 heterocycles. The number of nitrogens with zero attached hydrogens (tertiary/aromatic N) is 2. The van der Waals surface area contributed by atoms with E-state index in [4.69, 9.17) is 9.72 Å². The first-order valence-corrected chi connectivity index (χ1v) is 11.1. The van der Waals surface area contributed by atoms with Crippen LogP contribution in [-0.2, 0) is 21.5 Å². The Labute approximate surface area is 171 Å². The average Bonchev–Trinajstić information content (AvgIpc) is 3.32. The summed E-state index contributed by atoms with van der Waals surface area (Å²) in [6.45, 7) is 6.86.